The average Bonchev–Trinajstić information content (AvgIpc) is 3.25. The second kappa shape index (κ2) is 8.57. The molecule has 4 rings (SSSR count). The number of hydrogen-bond acceptors (Lipinski definition) is 6. The van der Waals surface area contributed by atoms with Gasteiger partial charge in [-0.2, -0.15) is 10.2 Å². The molecule has 2 atom stereocenters. The molecule has 8 nitrogen and oxygen atoms in total. The standard InChI is InChI=1S/C22H30N6O2/c1-6-17-16-11-18(21-15(3)25-27(5)22(21)30-14(2)12-23-4)24-13-19(16)28(26-17)20-9-7-8-10-29-20/h6,11,13-14,20,23H,1,7-10,12H2,2-5H3/t14-,20?/m1/s1. The van der Waals surface area contributed by atoms with Gasteiger partial charge in [0.05, 0.1) is 34.4 Å². The molecule has 1 fully saturated rings. The maximum Gasteiger partial charge on any atom is 0.221 e. The summed E-state index contributed by atoms with van der Waals surface area (Å²) in [6.07, 6.45) is 6.80. The number of likely N-dealkylation sites (N-methyl/N-ethyl adjacent to an activating group) is 1. The molecule has 1 aliphatic rings. The van der Waals surface area contributed by atoms with Crippen LogP contribution in [0, 0.1) is 6.92 Å². The van der Waals surface area contributed by atoms with Crippen molar-refractivity contribution in [1.82, 2.24) is 29.9 Å². The van der Waals surface area contributed by atoms with Gasteiger partial charge in [-0.15, -0.1) is 0 Å². The Morgan fingerprint density at radius 1 is 1.40 bits per heavy atom. The molecule has 0 saturated carbocycles. The topological polar surface area (TPSA) is 79.0 Å². The van der Waals surface area contributed by atoms with Gasteiger partial charge in [-0.05, 0) is 52.3 Å². The Labute approximate surface area is 176 Å². The fraction of sp³-hybridized carbons (Fsp3) is 0.500. The lowest BCUT2D eigenvalue weighted by Crippen LogP contribution is -2.27. The van der Waals surface area contributed by atoms with Gasteiger partial charge in [0, 0.05) is 25.6 Å². The van der Waals surface area contributed by atoms with E-state index in [4.69, 9.17) is 19.6 Å². The minimum Gasteiger partial charge on any atom is -0.473 e. The van der Waals surface area contributed by atoms with Crippen LogP contribution in [0.15, 0.2) is 18.8 Å². The largest absolute Gasteiger partial charge is 0.473 e. The predicted molar refractivity (Wildman–Crippen MR) is 117 cm³/mol. The number of aromatic nitrogens is 5. The summed E-state index contributed by atoms with van der Waals surface area (Å²) < 4.78 is 15.9. The summed E-state index contributed by atoms with van der Waals surface area (Å²) >= 11 is 0. The normalized spacial score (nSPS) is 17.9. The monoisotopic (exact) mass is 410 g/mol. The van der Waals surface area contributed by atoms with Crippen LogP contribution in [0.1, 0.15) is 43.8 Å². The molecule has 8 heteroatoms. The summed E-state index contributed by atoms with van der Waals surface area (Å²) in [5.74, 6) is 0.713. The fourth-order valence-electron chi connectivity index (χ4n) is 4.07. The fourth-order valence-corrected chi connectivity index (χ4v) is 4.07. The van der Waals surface area contributed by atoms with E-state index < -0.39 is 0 Å². The summed E-state index contributed by atoms with van der Waals surface area (Å²) in [6.45, 7) is 9.47. The van der Waals surface area contributed by atoms with E-state index in [0.29, 0.717) is 5.88 Å². The van der Waals surface area contributed by atoms with Crippen molar-refractivity contribution in [3.05, 3.63) is 30.2 Å². The molecule has 160 valence electrons. The summed E-state index contributed by atoms with van der Waals surface area (Å²) in [6, 6.07) is 2.05. The van der Waals surface area contributed by atoms with Gasteiger partial charge in [-0.3, -0.25) is 4.98 Å². The predicted octanol–water partition coefficient (Wildman–Crippen LogP) is 3.47. The molecule has 0 spiro atoms. The molecule has 30 heavy (non-hydrogen) atoms. The van der Waals surface area contributed by atoms with E-state index in [-0.39, 0.29) is 12.3 Å². The van der Waals surface area contributed by atoms with Gasteiger partial charge in [-0.25, -0.2) is 9.36 Å². The zero-order valence-corrected chi connectivity index (χ0v) is 18.2. The molecule has 0 bridgehead atoms. The molecule has 3 aromatic rings. The van der Waals surface area contributed by atoms with Crippen molar-refractivity contribution in [1.29, 1.82) is 0 Å². The Kier molecular flexibility index (Phi) is 5.87. The first kappa shape index (κ1) is 20.6. The van der Waals surface area contributed by atoms with E-state index in [2.05, 4.69) is 23.1 Å². The Morgan fingerprint density at radius 2 is 2.23 bits per heavy atom. The second-order valence-corrected chi connectivity index (χ2v) is 7.82. The van der Waals surface area contributed by atoms with Crippen LogP contribution in [-0.4, -0.2) is 50.8 Å². The highest BCUT2D eigenvalue weighted by atomic mass is 16.5. The zero-order valence-electron chi connectivity index (χ0n) is 18.2. The Balaban J connectivity index is 1.78. The van der Waals surface area contributed by atoms with E-state index in [1.165, 1.54) is 0 Å². The van der Waals surface area contributed by atoms with Crippen molar-refractivity contribution in [3.8, 4) is 17.1 Å². The number of aryl methyl sites for hydroxylation is 2. The lowest BCUT2D eigenvalue weighted by atomic mass is 10.1. The molecule has 1 saturated heterocycles. The first-order chi connectivity index (χ1) is 14.5. The van der Waals surface area contributed by atoms with Crippen LogP contribution in [0.5, 0.6) is 5.88 Å². The number of rotatable bonds is 7. The van der Waals surface area contributed by atoms with Crippen molar-refractivity contribution >= 4 is 17.0 Å². The van der Waals surface area contributed by atoms with Gasteiger partial charge >= 0.3 is 0 Å². The van der Waals surface area contributed by atoms with E-state index in [1.807, 2.05) is 38.8 Å². The number of hydrogen-bond donors (Lipinski definition) is 1. The van der Waals surface area contributed by atoms with Crippen molar-refractivity contribution in [2.45, 2.75) is 45.4 Å². The molecule has 0 radical (unpaired) electrons. The van der Waals surface area contributed by atoms with Crippen molar-refractivity contribution in [2.24, 2.45) is 7.05 Å². The molecule has 1 unspecified atom stereocenters. The maximum atomic E-state index is 6.20. The highest BCUT2D eigenvalue weighted by molar-refractivity contribution is 5.90. The third-order valence-corrected chi connectivity index (χ3v) is 5.47. The summed E-state index contributed by atoms with van der Waals surface area (Å²) in [5.41, 5.74) is 4.37. The van der Waals surface area contributed by atoms with E-state index in [0.717, 1.165) is 66.0 Å². The molecule has 1 aliphatic heterocycles. The molecule has 4 heterocycles. The van der Waals surface area contributed by atoms with Gasteiger partial charge in [0.25, 0.3) is 0 Å². The van der Waals surface area contributed by atoms with Crippen LogP contribution in [0.4, 0.5) is 0 Å². The molecule has 3 aromatic heterocycles. The molecule has 0 amide bonds. The number of nitrogens with one attached hydrogen (secondary N) is 1. The first-order valence-corrected chi connectivity index (χ1v) is 10.5. The van der Waals surface area contributed by atoms with Crippen molar-refractivity contribution in [3.63, 3.8) is 0 Å². The van der Waals surface area contributed by atoms with Crippen LogP contribution in [0.3, 0.4) is 0 Å². The van der Waals surface area contributed by atoms with E-state index >= 15 is 0 Å². The van der Waals surface area contributed by atoms with Gasteiger partial charge < -0.3 is 14.8 Å². The Hall–Kier alpha value is -2.71. The lowest BCUT2D eigenvalue weighted by molar-refractivity contribution is -0.0367. The lowest BCUT2D eigenvalue weighted by Gasteiger charge is -2.23. The second-order valence-electron chi connectivity index (χ2n) is 7.82. The summed E-state index contributed by atoms with van der Waals surface area (Å²) in [7, 11) is 3.80. The molecular formula is C22H30N6O2. The Bertz CT molecular complexity index is 1050. The van der Waals surface area contributed by atoms with Gasteiger partial charge in [0.2, 0.25) is 5.88 Å². The van der Waals surface area contributed by atoms with Crippen LogP contribution >= 0.6 is 0 Å². The summed E-state index contributed by atoms with van der Waals surface area (Å²) in [4.78, 5) is 4.77. The number of ether oxygens (including phenoxy) is 2. The van der Waals surface area contributed by atoms with Crippen LogP contribution in [0.25, 0.3) is 28.2 Å². The van der Waals surface area contributed by atoms with Crippen molar-refractivity contribution < 1.29 is 9.47 Å². The first-order valence-electron chi connectivity index (χ1n) is 10.5. The number of fused-ring (bicyclic) bond motifs is 1. The summed E-state index contributed by atoms with van der Waals surface area (Å²) in [5, 5.41) is 13.5. The van der Waals surface area contributed by atoms with Gasteiger partial charge in [0.15, 0.2) is 6.23 Å². The number of nitrogens with zero attached hydrogens (tertiary/aromatic N) is 5. The van der Waals surface area contributed by atoms with Crippen LogP contribution in [0.2, 0.25) is 0 Å². The SMILES string of the molecule is C=Cc1nn(C2CCCCO2)c2cnc(-c3c(C)nn(C)c3O[C@H](C)CNC)cc12. The molecule has 0 aromatic carbocycles. The third kappa shape index (κ3) is 3.73. The van der Waals surface area contributed by atoms with Crippen LogP contribution in [-0.2, 0) is 11.8 Å². The minimum atomic E-state index is -0.0518. The third-order valence-electron chi connectivity index (χ3n) is 5.47. The van der Waals surface area contributed by atoms with Crippen LogP contribution < -0.4 is 10.1 Å². The Morgan fingerprint density at radius 3 is 2.93 bits per heavy atom. The zero-order chi connectivity index (χ0) is 21.3. The molecule has 0 aliphatic carbocycles. The number of pyridine rings is 1. The van der Waals surface area contributed by atoms with E-state index in [1.54, 1.807) is 10.8 Å². The van der Waals surface area contributed by atoms with E-state index in [9.17, 15) is 0 Å². The van der Waals surface area contributed by atoms with Gasteiger partial charge in [-0.1, -0.05) is 6.58 Å². The quantitative estimate of drug-likeness (QED) is 0.643. The maximum absolute atomic E-state index is 6.20. The van der Waals surface area contributed by atoms with Gasteiger partial charge in [0.1, 0.15) is 6.10 Å². The highest BCUT2D eigenvalue weighted by Crippen LogP contribution is 2.35. The van der Waals surface area contributed by atoms with Crippen molar-refractivity contribution in [2.75, 3.05) is 20.2 Å². The molecular weight excluding hydrogens is 380 g/mol. The smallest absolute Gasteiger partial charge is 0.221 e. The molecule has 1 N–H and O–H groups in total. The highest BCUT2D eigenvalue weighted by Gasteiger charge is 2.24. The minimum absolute atomic E-state index is 0.00205. The average molecular weight is 411 g/mol.